The van der Waals surface area contributed by atoms with Crippen molar-refractivity contribution >= 4 is 28.4 Å². The van der Waals surface area contributed by atoms with Crippen LogP contribution in [0, 0.1) is 0 Å². The summed E-state index contributed by atoms with van der Waals surface area (Å²) in [6.07, 6.45) is -0.530. The number of carbonyl (C=O) groups excluding carboxylic acids is 1. The molecule has 2 heterocycles. The number of thiazole rings is 1. The van der Waals surface area contributed by atoms with Gasteiger partial charge in [0.1, 0.15) is 17.1 Å². The van der Waals surface area contributed by atoms with Crippen LogP contribution in [0.1, 0.15) is 20.8 Å². The highest BCUT2D eigenvalue weighted by Crippen LogP contribution is 2.24. The van der Waals surface area contributed by atoms with Gasteiger partial charge >= 0.3 is 6.09 Å². The molecule has 0 bridgehead atoms. The van der Waals surface area contributed by atoms with Crippen molar-refractivity contribution in [3.63, 3.8) is 0 Å². The summed E-state index contributed by atoms with van der Waals surface area (Å²) in [6.45, 7) is 5.40. The number of amides is 1. The molecule has 0 radical (unpaired) electrons. The molecule has 2 aromatic heterocycles. The summed E-state index contributed by atoms with van der Waals surface area (Å²) < 4.78 is 5.14. The van der Waals surface area contributed by atoms with E-state index in [2.05, 4.69) is 20.5 Å². The summed E-state index contributed by atoms with van der Waals surface area (Å²) in [5.74, 6) is 0.393. The predicted molar refractivity (Wildman–Crippen MR) is 74.0 cm³/mol. The summed E-state index contributed by atoms with van der Waals surface area (Å²) >= 11 is 1.30. The molecule has 19 heavy (non-hydrogen) atoms. The Bertz CT molecular complexity index is 584. The Kier molecular flexibility index (Phi) is 3.43. The second-order valence-corrected chi connectivity index (χ2v) is 5.73. The molecule has 0 aliphatic rings. The zero-order valence-electron chi connectivity index (χ0n) is 10.9. The Morgan fingerprint density at radius 3 is 2.84 bits per heavy atom. The van der Waals surface area contributed by atoms with Crippen molar-refractivity contribution in [3.05, 3.63) is 11.4 Å². The van der Waals surface area contributed by atoms with Gasteiger partial charge in [0.25, 0.3) is 0 Å². The van der Waals surface area contributed by atoms with E-state index in [1.54, 1.807) is 32.2 Å². The lowest BCUT2D eigenvalue weighted by molar-refractivity contribution is 0.0636. The van der Waals surface area contributed by atoms with Crippen molar-refractivity contribution in [1.82, 2.24) is 15.2 Å². The zero-order valence-corrected chi connectivity index (χ0v) is 11.7. The SMILES string of the molecule is CC(C)(C)OC(=O)Nc1nc(-c2cc(N)n[nH]2)cs1. The fraction of sp³-hybridized carbons (Fsp3) is 0.364. The maximum Gasteiger partial charge on any atom is 0.413 e. The van der Waals surface area contributed by atoms with Gasteiger partial charge in [-0.1, -0.05) is 0 Å². The minimum Gasteiger partial charge on any atom is -0.444 e. The third-order valence-corrected chi connectivity index (χ3v) is 2.74. The first kappa shape index (κ1) is 13.3. The number of rotatable bonds is 2. The summed E-state index contributed by atoms with van der Waals surface area (Å²) in [6, 6.07) is 1.67. The lowest BCUT2D eigenvalue weighted by Gasteiger charge is -2.18. The molecule has 0 saturated carbocycles. The van der Waals surface area contributed by atoms with Crippen molar-refractivity contribution in [2.75, 3.05) is 11.1 Å². The molecule has 2 aromatic rings. The van der Waals surface area contributed by atoms with Gasteiger partial charge in [0, 0.05) is 11.4 Å². The molecule has 0 unspecified atom stereocenters. The van der Waals surface area contributed by atoms with Crippen LogP contribution in [0.5, 0.6) is 0 Å². The van der Waals surface area contributed by atoms with Crippen LogP contribution < -0.4 is 11.1 Å². The molecule has 7 nitrogen and oxygen atoms in total. The highest BCUT2D eigenvalue weighted by Gasteiger charge is 2.17. The molecule has 1 amide bonds. The normalized spacial score (nSPS) is 11.3. The molecule has 8 heteroatoms. The van der Waals surface area contributed by atoms with Crippen LogP contribution in [-0.4, -0.2) is 26.9 Å². The molecule has 0 spiro atoms. The number of ether oxygens (including phenoxy) is 1. The first-order valence-electron chi connectivity index (χ1n) is 5.60. The molecule has 0 atom stereocenters. The van der Waals surface area contributed by atoms with Crippen molar-refractivity contribution in [2.24, 2.45) is 0 Å². The van der Waals surface area contributed by atoms with E-state index in [1.807, 2.05) is 0 Å². The second kappa shape index (κ2) is 4.88. The quantitative estimate of drug-likeness (QED) is 0.784. The second-order valence-electron chi connectivity index (χ2n) is 4.87. The Labute approximate surface area is 114 Å². The van der Waals surface area contributed by atoms with Gasteiger partial charge in [-0.25, -0.2) is 9.78 Å². The Morgan fingerprint density at radius 2 is 2.26 bits per heavy atom. The number of hydrogen-bond acceptors (Lipinski definition) is 6. The number of nitrogens with two attached hydrogens (primary N) is 1. The van der Waals surface area contributed by atoms with Gasteiger partial charge in [0.05, 0.1) is 5.69 Å². The zero-order chi connectivity index (χ0) is 14.0. The average molecular weight is 281 g/mol. The summed E-state index contributed by atoms with van der Waals surface area (Å²) in [5, 5.41) is 11.4. The van der Waals surface area contributed by atoms with Gasteiger partial charge in [-0.2, -0.15) is 5.10 Å². The Hall–Kier alpha value is -2.09. The molecular formula is C11H15N5O2S. The fourth-order valence-electron chi connectivity index (χ4n) is 1.31. The highest BCUT2D eigenvalue weighted by atomic mass is 32.1. The third-order valence-electron chi connectivity index (χ3n) is 1.99. The van der Waals surface area contributed by atoms with Gasteiger partial charge < -0.3 is 10.5 Å². The van der Waals surface area contributed by atoms with E-state index in [0.29, 0.717) is 22.3 Å². The number of H-pyrrole nitrogens is 1. The topological polar surface area (TPSA) is 106 Å². The van der Waals surface area contributed by atoms with Crippen LogP contribution in [0.3, 0.4) is 0 Å². The van der Waals surface area contributed by atoms with Crippen molar-refractivity contribution in [1.29, 1.82) is 0 Å². The van der Waals surface area contributed by atoms with E-state index < -0.39 is 11.7 Å². The Morgan fingerprint density at radius 1 is 1.53 bits per heavy atom. The molecule has 0 saturated heterocycles. The summed E-state index contributed by atoms with van der Waals surface area (Å²) in [5.41, 5.74) is 6.34. The first-order valence-corrected chi connectivity index (χ1v) is 6.48. The maximum atomic E-state index is 11.6. The minimum absolute atomic E-state index is 0.393. The van der Waals surface area contributed by atoms with Gasteiger partial charge in [0.2, 0.25) is 0 Å². The number of nitrogens with one attached hydrogen (secondary N) is 2. The van der Waals surface area contributed by atoms with Gasteiger partial charge in [-0.05, 0) is 20.8 Å². The number of nitrogen functional groups attached to an aromatic ring is 1. The standard InChI is InChI=1S/C11H15N5O2S/c1-11(2,3)18-10(17)14-9-13-7(5-19-9)6-4-8(12)16-15-6/h4-5H,1-3H3,(H3,12,15,16)(H,13,14,17). The molecule has 102 valence electrons. The van der Waals surface area contributed by atoms with Crippen LogP contribution in [0.15, 0.2) is 11.4 Å². The summed E-state index contributed by atoms with van der Waals surface area (Å²) in [7, 11) is 0. The summed E-state index contributed by atoms with van der Waals surface area (Å²) in [4.78, 5) is 15.8. The van der Waals surface area contributed by atoms with Crippen molar-refractivity contribution in [3.8, 4) is 11.4 Å². The van der Waals surface area contributed by atoms with Crippen molar-refractivity contribution in [2.45, 2.75) is 26.4 Å². The predicted octanol–water partition coefficient (Wildman–Crippen LogP) is 2.46. The van der Waals surface area contributed by atoms with E-state index in [4.69, 9.17) is 10.5 Å². The Balaban J connectivity index is 2.04. The molecule has 0 aromatic carbocycles. The van der Waals surface area contributed by atoms with Gasteiger partial charge in [-0.3, -0.25) is 10.4 Å². The van der Waals surface area contributed by atoms with E-state index >= 15 is 0 Å². The lowest BCUT2D eigenvalue weighted by Crippen LogP contribution is -2.27. The number of nitrogens with zero attached hydrogens (tertiary/aromatic N) is 2. The smallest absolute Gasteiger partial charge is 0.413 e. The fourth-order valence-corrected chi connectivity index (χ4v) is 2.01. The largest absolute Gasteiger partial charge is 0.444 e. The van der Waals surface area contributed by atoms with E-state index in [-0.39, 0.29) is 0 Å². The first-order chi connectivity index (χ1) is 8.83. The number of anilines is 2. The van der Waals surface area contributed by atoms with Gasteiger partial charge in [-0.15, -0.1) is 11.3 Å². The van der Waals surface area contributed by atoms with E-state index in [0.717, 1.165) is 0 Å². The minimum atomic E-state index is -0.540. The monoisotopic (exact) mass is 281 g/mol. The molecule has 2 rings (SSSR count). The van der Waals surface area contributed by atoms with E-state index in [9.17, 15) is 4.79 Å². The molecule has 0 fully saturated rings. The molecular weight excluding hydrogens is 266 g/mol. The lowest BCUT2D eigenvalue weighted by atomic mass is 10.2. The van der Waals surface area contributed by atoms with Crippen LogP contribution in [0.4, 0.5) is 15.7 Å². The third kappa shape index (κ3) is 3.68. The maximum absolute atomic E-state index is 11.6. The van der Waals surface area contributed by atoms with Crippen molar-refractivity contribution < 1.29 is 9.53 Å². The number of aromatic amines is 1. The molecule has 4 N–H and O–H groups in total. The van der Waals surface area contributed by atoms with Crippen LogP contribution in [0.2, 0.25) is 0 Å². The van der Waals surface area contributed by atoms with Crippen LogP contribution in [0.25, 0.3) is 11.4 Å². The molecule has 0 aliphatic heterocycles. The van der Waals surface area contributed by atoms with Gasteiger partial charge in [0.15, 0.2) is 5.13 Å². The highest BCUT2D eigenvalue weighted by molar-refractivity contribution is 7.14. The van der Waals surface area contributed by atoms with Crippen LogP contribution >= 0.6 is 11.3 Å². The van der Waals surface area contributed by atoms with Crippen LogP contribution in [-0.2, 0) is 4.74 Å². The molecule has 0 aliphatic carbocycles. The van der Waals surface area contributed by atoms with E-state index in [1.165, 1.54) is 11.3 Å². The average Bonchev–Trinajstić information content (AvgIpc) is 2.83. The number of aromatic nitrogens is 3. The number of carbonyl (C=O) groups is 1. The number of hydrogen-bond donors (Lipinski definition) is 3.